The van der Waals surface area contributed by atoms with Crippen molar-refractivity contribution >= 4 is 29.5 Å². The highest BCUT2D eigenvalue weighted by Crippen LogP contribution is 2.53. The minimum absolute atomic E-state index is 0.00942. The Labute approximate surface area is 229 Å². The number of nitrogens with zero attached hydrogens (tertiary/aromatic N) is 1. The average molecular weight is 551 g/mol. The van der Waals surface area contributed by atoms with Crippen LogP contribution >= 0.6 is 0 Å². The summed E-state index contributed by atoms with van der Waals surface area (Å²) < 4.78 is 5.23. The molecule has 6 N–H and O–H groups in total. The first kappa shape index (κ1) is 27.5. The minimum atomic E-state index is -2.72. The topological polar surface area (TPSA) is 188 Å². The van der Waals surface area contributed by atoms with E-state index in [0.717, 1.165) is 0 Å². The SMILES string of the molecule is COc1ccc(-c2ccc(O)c3c2C[C@@H]2C[C@@H]4[C@@H](N(C)C)C(O)C(C(N)=O)C(=O)[C@]4(O)C(=O)C2=C3O)cc1C=O. The summed E-state index contributed by atoms with van der Waals surface area (Å²) in [6.07, 6.45) is -0.760. The van der Waals surface area contributed by atoms with Gasteiger partial charge in [-0.3, -0.25) is 19.2 Å². The van der Waals surface area contributed by atoms with E-state index >= 15 is 0 Å². The number of carbonyl (C=O) groups excluding carboxylic acids is 4. The number of ketones is 2. The molecular formula is C29H30N2O9. The van der Waals surface area contributed by atoms with Crippen molar-refractivity contribution in [3.63, 3.8) is 0 Å². The van der Waals surface area contributed by atoms with Crippen LogP contribution in [-0.4, -0.2) is 88.0 Å². The van der Waals surface area contributed by atoms with Crippen molar-refractivity contribution in [1.82, 2.24) is 4.90 Å². The summed E-state index contributed by atoms with van der Waals surface area (Å²) in [5, 5.41) is 44.9. The molecule has 1 amide bonds. The molecule has 0 spiro atoms. The number of fused-ring (bicyclic) bond motifs is 3. The van der Waals surface area contributed by atoms with Gasteiger partial charge in [0.05, 0.1) is 24.3 Å². The van der Waals surface area contributed by atoms with Crippen molar-refractivity contribution in [1.29, 1.82) is 0 Å². The van der Waals surface area contributed by atoms with Gasteiger partial charge in [0.1, 0.15) is 23.2 Å². The first-order valence-electron chi connectivity index (χ1n) is 12.8. The van der Waals surface area contributed by atoms with Crippen molar-refractivity contribution < 1.29 is 44.3 Å². The molecule has 11 heteroatoms. The number of primary amides is 1. The first-order valence-corrected chi connectivity index (χ1v) is 12.8. The van der Waals surface area contributed by atoms with Gasteiger partial charge in [-0.05, 0) is 67.7 Å². The van der Waals surface area contributed by atoms with Gasteiger partial charge < -0.3 is 35.8 Å². The molecule has 0 aliphatic heterocycles. The summed E-state index contributed by atoms with van der Waals surface area (Å²) in [7, 11) is 4.63. The van der Waals surface area contributed by atoms with Gasteiger partial charge in [-0.1, -0.05) is 12.1 Å². The predicted octanol–water partition coefficient (Wildman–Crippen LogP) is 0.617. The summed E-state index contributed by atoms with van der Waals surface area (Å²) in [6, 6.07) is 6.96. The largest absolute Gasteiger partial charge is 0.507 e. The molecule has 2 aromatic rings. The van der Waals surface area contributed by atoms with Gasteiger partial charge in [0.2, 0.25) is 11.7 Å². The lowest BCUT2D eigenvalue weighted by Gasteiger charge is -2.53. The molecule has 2 fully saturated rings. The third-order valence-corrected chi connectivity index (χ3v) is 8.64. The second-order valence-electron chi connectivity index (χ2n) is 10.9. The van der Waals surface area contributed by atoms with E-state index in [4.69, 9.17) is 10.5 Å². The van der Waals surface area contributed by atoms with Crippen LogP contribution in [-0.2, 0) is 20.8 Å². The van der Waals surface area contributed by atoms with Crippen LogP contribution in [0, 0.1) is 17.8 Å². The summed E-state index contributed by atoms with van der Waals surface area (Å²) in [6.45, 7) is 0. The van der Waals surface area contributed by atoms with Crippen molar-refractivity contribution in [3.05, 3.63) is 52.6 Å². The third kappa shape index (κ3) is 3.69. The molecule has 2 aromatic carbocycles. The number of ether oxygens (including phenoxy) is 1. The lowest BCUT2D eigenvalue weighted by molar-refractivity contribution is -0.184. The number of likely N-dealkylation sites (N-methyl/N-ethyl adjacent to an activating group) is 1. The van der Waals surface area contributed by atoms with Gasteiger partial charge in [-0.15, -0.1) is 0 Å². The maximum absolute atomic E-state index is 13.9. The fourth-order valence-corrected chi connectivity index (χ4v) is 6.87. The van der Waals surface area contributed by atoms with Crippen LogP contribution in [0.1, 0.15) is 27.9 Å². The Morgan fingerprint density at radius 2 is 1.88 bits per heavy atom. The summed E-state index contributed by atoms with van der Waals surface area (Å²) in [5.41, 5.74) is 4.43. The van der Waals surface area contributed by atoms with E-state index in [-0.39, 0.29) is 29.7 Å². The highest BCUT2D eigenvalue weighted by Gasteiger charge is 2.67. The molecule has 2 saturated carbocycles. The molecule has 40 heavy (non-hydrogen) atoms. The van der Waals surface area contributed by atoms with Gasteiger partial charge >= 0.3 is 0 Å². The van der Waals surface area contributed by atoms with E-state index in [0.29, 0.717) is 34.3 Å². The number of aliphatic hydroxyl groups is 3. The Balaban J connectivity index is 1.70. The summed E-state index contributed by atoms with van der Waals surface area (Å²) in [5.74, 6) is -7.61. The van der Waals surface area contributed by atoms with E-state index in [1.54, 1.807) is 38.4 Å². The van der Waals surface area contributed by atoms with Gasteiger partial charge in [-0.25, -0.2) is 0 Å². The van der Waals surface area contributed by atoms with E-state index in [1.807, 2.05) is 0 Å². The molecule has 5 rings (SSSR count). The average Bonchev–Trinajstić information content (AvgIpc) is 2.90. The summed E-state index contributed by atoms with van der Waals surface area (Å²) in [4.78, 5) is 52.7. The highest BCUT2D eigenvalue weighted by molar-refractivity contribution is 6.25. The standard InChI is InChI=1S/C29H30N2O9/c1-31(2)23-17-10-13-9-16-15(12-4-7-19(40-3)14(8-12)11-32)5-6-18(33)21(16)24(34)20(13)26(36)29(17,39)27(37)22(25(23)35)28(30)38/h4-8,11,13,17,22-23,25,33-35,39H,9-10H2,1-3H3,(H2,30,38)/t13-,17-,22?,23-,25?,29-/m1/s1. The second-order valence-corrected chi connectivity index (χ2v) is 10.9. The van der Waals surface area contributed by atoms with Crippen LogP contribution in [0.25, 0.3) is 16.9 Å². The molecule has 0 saturated heterocycles. The highest BCUT2D eigenvalue weighted by atomic mass is 16.5. The molecular weight excluding hydrogens is 520 g/mol. The second kappa shape index (κ2) is 9.54. The van der Waals surface area contributed by atoms with Gasteiger partial charge in [0.25, 0.3) is 0 Å². The normalized spacial score (nSPS) is 29.5. The Kier molecular flexibility index (Phi) is 6.56. The van der Waals surface area contributed by atoms with E-state index in [2.05, 4.69) is 0 Å². The number of phenols is 1. The number of phenolic OH excluding ortho intramolecular Hbond substituents is 1. The van der Waals surface area contributed by atoms with Crippen molar-refractivity contribution in [2.75, 3.05) is 21.2 Å². The molecule has 0 aromatic heterocycles. The maximum atomic E-state index is 13.9. The lowest BCUT2D eigenvalue weighted by atomic mass is 9.54. The molecule has 210 valence electrons. The zero-order chi connectivity index (χ0) is 29.3. The molecule has 11 nitrogen and oxygen atoms in total. The van der Waals surface area contributed by atoms with Crippen molar-refractivity contribution in [3.8, 4) is 22.6 Å². The van der Waals surface area contributed by atoms with E-state index in [9.17, 15) is 39.6 Å². The Morgan fingerprint density at radius 3 is 2.48 bits per heavy atom. The van der Waals surface area contributed by atoms with E-state index < -0.39 is 58.7 Å². The monoisotopic (exact) mass is 550 g/mol. The first-order chi connectivity index (χ1) is 18.9. The number of nitrogens with two attached hydrogens (primary N) is 1. The smallest absolute Gasteiger partial charge is 0.230 e. The molecule has 6 atom stereocenters. The van der Waals surface area contributed by atoms with Crippen molar-refractivity contribution in [2.45, 2.75) is 30.6 Å². The number of methoxy groups -OCH3 is 1. The molecule has 0 radical (unpaired) electrons. The van der Waals surface area contributed by atoms with Crippen LogP contribution in [0.4, 0.5) is 0 Å². The number of hydrogen-bond donors (Lipinski definition) is 5. The number of carbonyl (C=O) groups is 4. The van der Waals surface area contributed by atoms with E-state index in [1.165, 1.54) is 18.1 Å². The van der Waals surface area contributed by atoms with Crippen LogP contribution in [0.3, 0.4) is 0 Å². The fraction of sp³-hybridized carbons (Fsp3) is 0.379. The Bertz CT molecular complexity index is 1500. The number of hydrogen-bond acceptors (Lipinski definition) is 10. The number of rotatable bonds is 5. The zero-order valence-electron chi connectivity index (χ0n) is 22.1. The quantitative estimate of drug-likeness (QED) is 0.261. The van der Waals surface area contributed by atoms with Crippen LogP contribution in [0.2, 0.25) is 0 Å². The minimum Gasteiger partial charge on any atom is -0.507 e. The van der Waals surface area contributed by atoms with Crippen LogP contribution in [0.5, 0.6) is 11.5 Å². The molecule has 3 aliphatic rings. The number of Topliss-reactive ketones (excluding diaryl/α,β-unsaturated/α-hetero) is 2. The fourth-order valence-electron chi connectivity index (χ4n) is 6.87. The van der Waals surface area contributed by atoms with Gasteiger partial charge in [0, 0.05) is 17.5 Å². The van der Waals surface area contributed by atoms with Gasteiger partial charge in [-0.2, -0.15) is 0 Å². The molecule has 2 unspecified atom stereocenters. The molecule has 0 bridgehead atoms. The third-order valence-electron chi connectivity index (χ3n) is 8.64. The number of benzene rings is 2. The Hall–Kier alpha value is -4.06. The van der Waals surface area contributed by atoms with Gasteiger partial charge in [0.15, 0.2) is 17.7 Å². The predicted molar refractivity (Wildman–Crippen MR) is 141 cm³/mol. The summed E-state index contributed by atoms with van der Waals surface area (Å²) >= 11 is 0. The number of aliphatic hydroxyl groups excluding tert-OH is 2. The molecule has 0 heterocycles. The number of aldehydes is 1. The van der Waals surface area contributed by atoms with Crippen molar-refractivity contribution in [2.24, 2.45) is 23.5 Å². The van der Waals surface area contributed by atoms with Crippen LogP contribution in [0.15, 0.2) is 35.9 Å². The number of amides is 1. The Morgan fingerprint density at radius 1 is 1.18 bits per heavy atom. The molecule has 3 aliphatic carbocycles. The zero-order valence-corrected chi connectivity index (χ0v) is 22.1. The maximum Gasteiger partial charge on any atom is 0.230 e. The van der Waals surface area contributed by atoms with Crippen LogP contribution < -0.4 is 10.5 Å². The number of aromatic hydroxyl groups is 1. The lowest BCUT2D eigenvalue weighted by Crippen LogP contribution is -2.73.